The third kappa shape index (κ3) is 1.97. The summed E-state index contributed by atoms with van der Waals surface area (Å²) in [6, 6.07) is 0. The van der Waals surface area contributed by atoms with Gasteiger partial charge in [-0.3, -0.25) is 0 Å². The third-order valence-electron chi connectivity index (χ3n) is 1.99. The van der Waals surface area contributed by atoms with Crippen LogP contribution in [0.5, 0.6) is 0 Å². The van der Waals surface area contributed by atoms with E-state index in [-0.39, 0.29) is 6.61 Å². The molecule has 1 fully saturated rings. The molecule has 0 spiro atoms. The van der Waals surface area contributed by atoms with Crippen LogP contribution in [-0.2, 0) is 14.3 Å². The number of aliphatic hydroxyl groups excluding tert-OH is 2. The van der Waals surface area contributed by atoms with Gasteiger partial charge in [-0.1, -0.05) is 0 Å². The Bertz CT molecular complexity index is 193. The lowest BCUT2D eigenvalue weighted by molar-refractivity contribution is -0.208. The Hall–Kier alpha value is -0.690. The van der Waals surface area contributed by atoms with Gasteiger partial charge in [0.05, 0.1) is 6.61 Å². The van der Waals surface area contributed by atoms with Crippen LogP contribution in [0.2, 0.25) is 0 Å². The summed E-state index contributed by atoms with van der Waals surface area (Å²) in [7, 11) is 1.26. The second-order valence-electron chi connectivity index (χ2n) is 2.85. The van der Waals surface area contributed by atoms with Crippen molar-refractivity contribution in [1.82, 2.24) is 0 Å². The molecule has 1 saturated heterocycles. The number of methoxy groups -OCH3 is 1. The van der Waals surface area contributed by atoms with Crippen LogP contribution in [0.4, 0.5) is 0 Å². The molecule has 2 unspecified atom stereocenters. The molecule has 0 aliphatic carbocycles. The molecule has 1 rings (SSSR count). The van der Waals surface area contributed by atoms with E-state index in [9.17, 15) is 9.90 Å². The highest BCUT2D eigenvalue weighted by molar-refractivity contribution is 5.73. The lowest BCUT2D eigenvalue weighted by atomic mass is 10.00. The van der Waals surface area contributed by atoms with Crippen LogP contribution >= 0.6 is 0 Å². The largest absolute Gasteiger partial charge is 0.479 e. The van der Waals surface area contributed by atoms with E-state index in [1.165, 1.54) is 7.11 Å². The van der Waals surface area contributed by atoms with Gasteiger partial charge in [0, 0.05) is 7.11 Å². The van der Waals surface area contributed by atoms with Crippen molar-refractivity contribution in [2.24, 2.45) is 0 Å². The average Bonchev–Trinajstić information content (AvgIpc) is 2.09. The fraction of sp³-hybridized carbons (Fsp3) is 0.857. The van der Waals surface area contributed by atoms with Gasteiger partial charge in [-0.15, -0.1) is 0 Å². The minimum atomic E-state index is -1.22. The minimum absolute atomic E-state index is 0.196. The molecule has 3 N–H and O–H groups in total. The van der Waals surface area contributed by atoms with Crippen molar-refractivity contribution in [3.63, 3.8) is 0 Å². The average molecular weight is 192 g/mol. The molecular weight excluding hydrogens is 180 g/mol. The summed E-state index contributed by atoms with van der Waals surface area (Å²) in [6.45, 7) is -0.196. The van der Waals surface area contributed by atoms with Gasteiger partial charge in [-0.25, -0.2) is 4.79 Å². The number of carboxylic acid groups (broad SMARTS) is 1. The van der Waals surface area contributed by atoms with E-state index in [1.54, 1.807) is 0 Å². The molecule has 0 aromatic rings. The predicted octanol–water partition coefficient (Wildman–Crippen LogP) is -1.79. The molecule has 0 bridgehead atoms. The number of carboxylic acids is 1. The van der Waals surface area contributed by atoms with E-state index in [2.05, 4.69) is 0 Å². The van der Waals surface area contributed by atoms with Crippen molar-refractivity contribution >= 4 is 5.97 Å². The third-order valence-corrected chi connectivity index (χ3v) is 1.99. The zero-order valence-electron chi connectivity index (χ0n) is 7.08. The quantitative estimate of drug-likeness (QED) is 0.478. The van der Waals surface area contributed by atoms with Gasteiger partial charge in [0.25, 0.3) is 0 Å². The summed E-state index contributed by atoms with van der Waals surface area (Å²) in [4.78, 5) is 10.6. The number of hydrogen-bond donors (Lipinski definition) is 3. The number of carbonyl (C=O) groups is 1. The van der Waals surface area contributed by atoms with Crippen molar-refractivity contribution in [1.29, 1.82) is 0 Å². The van der Waals surface area contributed by atoms with Crippen molar-refractivity contribution in [2.75, 3.05) is 13.7 Å². The molecule has 6 nitrogen and oxygen atoms in total. The number of hydrogen-bond acceptors (Lipinski definition) is 5. The van der Waals surface area contributed by atoms with Gasteiger partial charge < -0.3 is 24.8 Å². The maximum absolute atomic E-state index is 10.6. The molecular formula is C7H12O6. The van der Waals surface area contributed by atoms with E-state index in [4.69, 9.17) is 19.7 Å². The zero-order chi connectivity index (χ0) is 10.0. The predicted molar refractivity (Wildman–Crippen MR) is 40.2 cm³/mol. The highest BCUT2D eigenvalue weighted by Crippen LogP contribution is 2.18. The van der Waals surface area contributed by atoms with Crippen molar-refractivity contribution in [3.8, 4) is 0 Å². The van der Waals surface area contributed by atoms with Gasteiger partial charge in [0.15, 0.2) is 6.10 Å². The fourth-order valence-electron chi connectivity index (χ4n) is 1.27. The summed E-state index contributed by atoms with van der Waals surface area (Å²) < 4.78 is 9.52. The Morgan fingerprint density at radius 1 is 1.54 bits per heavy atom. The van der Waals surface area contributed by atoms with E-state index < -0.39 is 30.4 Å². The van der Waals surface area contributed by atoms with E-state index in [0.29, 0.717) is 0 Å². The topological polar surface area (TPSA) is 96.2 Å². The Morgan fingerprint density at radius 3 is 2.62 bits per heavy atom. The normalized spacial score (nSPS) is 40.2. The minimum Gasteiger partial charge on any atom is -0.479 e. The highest BCUT2D eigenvalue weighted by Gasteiger charge is 2.42. The smallest absolute Gasteiger partial charge is 0.335 e. The van der Waals surface area contributed by atoms with Gasteiger partial charge >= 0.3 is 5.97 Å². The lowest BCUT2D eigenvalue weighted by Crippen LogP contribution is -2.56. The second kappa shape index (κ2) is 4.01. The lowest BCUT2D eigenvalue weighted by Gasteiger charge is -2.35. The summed E-state index contributed by atoms with van der Waals surface area (Å²) in [5.41, 5.74) is 0. The summed E-state index contributed by atoms with van der Waals surface area (Å²) in [5, 5.41) is 27.1. The Balaban J connectivity index is 2.71. The SMILES string of the molecule is CO[C@H]1C(C(=O)O)OCC(O)[C@H]1O. The molecule has 0 aromatic heterocycles. The van der Waals surface area contributed by atoms with Crippen LogP contribution in [0, 0.1) is 0 Å². The number of ether oxygens (including phenoxy) is 2. The van der Waals surface area contributed by atoms with E-state index >= 15 is 0 Å². The van der Waals surface area contributed by atoms with Crippen LogP contribution in [0.3, 0.4) is 0 Å². The van der Waals surface area contributed by atoms with Gasteiger partial charge in [-0.2, -0.15) is 0 Å². The maximum Gasteiger partial charge on any atom is 0.335 e. The van der Waals surface area contributed by atoms with Crippen LogP contribution in [0.25, 0.3) is 0 Å². The molecule has 1 aliphatic rings. The first-order valence-corrected chi connectivity index (χ1v) is 3.81. The van der Waals surface area contributed by atoms with Gasteiger partial charge in [0.1, 0.15) is 18.3 Å². The first kappa shape index (κ1) is 10.4. The Kier molecular flexibility index (Phi) is 3.21. The molecule has 6 heteroatoms. The maximum atomic E-state index is 10.6. The van der Waals surface area contributed by atoms with E-state index in [1.807, 2.05) is 0 Å². The summed E-state index contributed by atoms with van der Waals surface area (Å²) >= 11 is 0. The first-order chi connectivity index (χ1) is 6.07. The fourth-order valence-corrected chi connectivity index (χ4v) is 1.27. The van der Waals surface area contributed by atoms with Crippen LogP contribution in [0.1, 0.15) is 0 Å². The monoisotopic (exact) mass is 192 g/mol. The molecule has 76 valence electrons. The second-order valence-corrected chi connectivity index (χ2v) is 2.85. The van der Waals surface area contributed by atoms with Crippen LogP contribution in [-0.4, -0.2) is 59.4 Å². The van der Waals surface area contributed by atoms with Crippen LogP contribution < -0.4 is 0 Å². The Morgan fingerprint density at radius 2 is 2.15 bits per heavy atom. The number of rotatable bonds is 2. The molecule has 0 amide bonds. The molecule has 0 radical (unpaired) electrons. The summed E-state index contributed by atoms with van der Waals surface area (Å²) in [5.74, 6) is -1.21. The zero-order valence-corrected chi connectivity index (χ0v) is 7.08. The molecule has 0 saturated carbocycles. The van der Waals surface area contributed by atoms with Gasteiger partial charge in [0.2, 0.25) is 0 Å². The van der Waals surface area contributed by atoms with Crippen molar-refractivity contribution in [3.05, 3.63) is 0 Å². The first-order valence-electron chi connectivity index (χ1n) is 3.81. The standard InChI is InChI=1S/C7H12O6/c1-12-5-4(9)3(8)2-13-6(5)7(10)11/h3-6,8-9H,2H2,1H3,(H,10,11)/t3?,4-,5-,6?/m1/s1. The Labute approximate surface area is 74.7 Å². The van der Waals surface area contributed by atoms with Crippen LogP contribution in [0.15, 0.2) is 0 Å². The molecule has 1 heterocycles. The van der Waals surface area contributed by atoms with E-state index in [0.717, 1.165) is 0 Å². The number of aliphatic hydroxyl groups is 2. The highest BCUT2D eigenvalue weighted by atomic mass is 16.6. The number of aliphatic carboxylic acids is 1. The van der Waals surface area contributed by atoms with Gasteiger partial charge in [-0.05, 0) is 0 Å². The molecule has 4 atom stereocenters. The molecule has 0 aromatic carbocycles. The van der Waals surface area contributed by atoms with Crippen molar-refractivity contribution in [2.45, 2.75) is 24.4 Å². The molecule has 13 heavy (non-hydrogen) atoms. The molecule has 1 aliphatic heterocycles. The summed E-state index contributed by atoms with van der Waals surface area (Å²) in [6.07, 6.45) is -4.56. The van der Waals surface area contributed by atoms with Crippen molar-refractivity contribution < 1.29 is 29.6 Å².